The van der Waals surface area contributed by atoms with Crippen molar-refractivity contribution >= 4 is 17.9 Å². The van der Waals surface area contributed by atoms with Gasteiger partial charge in [-0.05, 0) is 36.6 Å². The molecule has 1 saturated carbocycles. The molecule has 1 aliphatic rings. The van der Waals surface area contributed by atoms with E-state index in [0.717, 1.165) is 35.2 Å². The van der Waals surface area contributed by atoms with E-state index in [9.17, 15) is 9.59 Å². The first-order chi connectivity index (χ1) is 15.1. The standard InChI is InChI=1S/C24H25N5O2/c25-23(31)24(12-4-5-13-24)27-21(30)11-10-20-17-29(16-18-7-2-1-3-8-18)28-22(20)19-9-6-14-26-15-19/h1-3,6-11,14-15,17H,4-5,12-13,16H2,(H2,25,31)(H,27,30). The number of primary amides is 1. The predicted molar refractivity (Wildman–Crippen MR) is 119 cm³/mol. The molecule has 1 fully saturated rings. The number of hydrogen-bond donors (Lipinski definition) is 2. The Kier molecular flexibility index (Phi) is 5.93. The predicted octanol–water partition coefficient (Wildman–Crippen LogP) is 2.92. The van der Waals surface area contributed by atoms with Crippen molar-refractivity contribution in [2.45, 2.75) is 37.8 Å². The van der Waals surface area contributed by atoms with Crippen molar-refractivity contribution in [2.75, 3.05) is 0 Å². The summed E-state index contributed by atoms with van der Waals surface area (Å²) in [5, 5.41) is 7.55. The molecule has 3 aromatic rings. The van der Waals surface area contributed by atoms with Crippen LogP contribution in [0.15, 0.2) is 67.1 Å². The number of nitrogens with one attached hydrogen (secondary N) is 1. The molecule has 7 heteroatoms. The Hall–Kier alpha value is -3.74. The second kappa shape index (κ2) is 8.95. The average Bonchev–Trinajstić information content (AvgIpc) is 3.41. The zero-order chi connectivity index (χ0) is 21.7. The molecule has 0 unspecified atom stereocenters. The highest BCUT2D eigenvalue weighted by Crippen LogP contribution is 2.29. The van der Waals surface area contributed by atoms with Crippen LogP contribution in [0, 0.1) is 0 Å². The van der Waals surface area contributed by atoms with Crippen LogP contribution in [0.5, 0.6) is 0 Å². The molecular formula is C24H25N5O2. The molecule has 2 heterocycles. The van der Waals surface area contributed by atoms with Crippen LogP contribution in [-0.2, 0) is 16.1 Å². The third-order valence-corrected chi connectivity index (χ3v) is 5.62. The van der Waals surface area contributed by atoms with Crippen molar-refractivity contribution < 1.29 is 9.59 Å². The van der Waals surface area contributed by atoms with Crippen LogP contribution < -0.4 is 11.1 Å². The third-order valence-electron chi connectivity index (χ3n) is 5.62. The van der Waals surface area contributed by atoms with Crippen molar-refractivity contribution in [3.8, 4) is 11.3 Å². The molecule has 158 valence electrons. The molecule has 0 spiro atoms. The van der Waals surface area contributed by atoms with Crippen LogP contribution in [0.4, 0.5) is 0 Å². The molecule has 2 aromatic heterocycles. The van der Waals surface area contributed by atoms with Gasteiger partial charge in [-0.1, -0.05) is 43.2 Å². The lowest BCUT2D eigenvalue weighted by molar-refractivity contribution is -0.129. The van der Waals surface area contributed by atoms with Gasteiger partial charge in [0, 0.05) is 35.8 Å². The number of pyridine rings is 1. The number of carbonyl (C=O) groups is 2. The van der Waals surface area contributed by atoms with Gasteiger partial charge >= 0.3 is 0 Å². The fourth-order valence-corrected chi connectivity index (χ4v) is 3.99. The fraction of sp³-hybridized carbons (Fsp3) is 0.250. The first kappa shape index (κ1) is 20.5. The van der Waals surface area contributed by atoms with Gasteiger partial charge in [0.1, 0.15) is 11.2 Å². The molecule has 0 aliphatic heterocycles. The van der Waals surface area contributed by atoms with Crippen LogP contribution in [0.25, 0.3) is 17.3 Å². The highest BCUT2D eigenvalue weighted by molar-refractivity contribution is 5.97. The normalized spacial score (nSPS) is 15.2. The minimum absolute atomic E-state index is 0.339. The third kappa shape index (κ3) is 4.71. The van der Waals surface area contributed by atoms with Crippen LogP contribution in [0.1, 0.15) is 36.8 Å². The number of aromatic nitrogens is 3. The molecule has 2 amide bonds. The van der Waals surface area contributed by atoms with Crippen molar-refractivity contribution in [2.24, 2.45) is 5.73 Å². The molecule has 0 saturated heterocycles. The molecular weight excluding hydrogens is 390 g/mol. The van der Waals surface area contributed by atoms with Gasteiger partial charge in [0.05, 0.1) is 6.54 Å². The summed E-state index contributed by atoms with van der Waals surface area (Å²) >= 11 is 0. The average molecular weight is 415 g/mol. The Balaban J connectivity index is 1.58. The second-order valence-corrected chi connectivity index (χ2v) is 7.83. The first-order valence-electron chi connectivity index (χ1n) is 10.4. The SMILES string of the molecule is NC(=O)C1(NC(=O)C=Cc2cn(Cc3ccccc3)nc2-c2cccnc2)CCCC1. The van der Waals surface area contributed by atoms with E-state index in [0.29, 0.717) is 19.4 Å². The van der Waals surface area contributed by atoms with Gasteiger partial charge in [-0.15, -0.1) is 0 Å². The fourth-order valence-electron chi connectivity index (χ4n) is 3.99. The summed E-state index contributed by atoms with van der Waals surface area (Å²) in [5.41, 5.74) is 8.14. The van der Waals surface area contributed by atoms with Gasteiger partial charge in [0.2, 0.25) is 11.8 Å². The second-order valence-electron chi connectivity index (χ2n) is 7.83. The van der Waals surface area contributed by atoms with E-state index in [4.69, 9.17) is 10.8 Å². The number of nitrogens with two attached hydrogens (primary N) is 1. The molecule has 0 atom stereocenters. The Morgan fingerprint density at radius 3 is 2.58 bits per heavy atom. The number of benzene rings is 1. The highest BCUT2D eigenvalue weighted by atomic mass is 16.2. The van der Waals surface area contributed by atoms with Gasteiger partial charge in [0.15, 0.2) is 0 Å². The van der Waals surface area contributed by atoms with Gasteiger partial charge in [-0.2, -0.15) is 5.10 Å². The quantitative estimate of drug-likeness (QED) is 0.579. The van der Waals surface area contributed by atoms with E-state index in [1.165, 1.54) is 6.08 Å². The lowest BCUT2D eigenvalue weighted by atomic mass is 9.96. The van der Waals surface area contributed by atoms with Crippen molar-refractivity contribution in [3.05, 3.63) is 78.3 Å². The molecule has 0 bridgehead atoms. The number of carbonyl (C=O) groups excluding carboxylic acids is 2. The maximum atomic E-state index is 12.6. The van der Waals surface area contributed by atoms with E-state index in [1.54, 1.807) is 18.5 Å². The van der Waals surface area contributed by atoms with Crippen molar-refractivity contribution in [1.29, 1.82) is 0 Å². The Morgan fingerprint density at radius 2 is 1.90 bits per heavy atom. The van der Waals surface area contributed by atoms with Gasteiger partial charge in [-0.3, -0.25) is 19.3 Å². The summed E-state index contributed by atoms with van der Waals surface area (Å²) in [4.78, 5) is 28.7. The van der Waals surface area contributed by atoms with E-state index in [1.807, 2.05) is 53.3 Å². The van der Waals surface area contributed by atoms with Crippen LogP contribution in [0.3, 0.4) is 0 Å². The number of hydrogen-bond acceptors (Lipinski definition) is 4. The lowest BCUT2D eigenvalue weighted by Gasteiger charge is -2.25. The summed E-state index contributed by atoms with van der Waals surface area (Å²) in [6.07, 6.45) is 11.4. The Labute approximate surface area is 181 Å². The molecule has 4 rings (SSSR count). The smallest absolute Gasteiger partial charge is 0.244 e. The van der Waals surface area contributed by atoms with Crippen LogP contribution >= 0.6 is 0 Å². The zero-order valence-electron chi connectivity index (χ0n) is 17.2. The largest absolute Gasteiger partial charge is 0.368 e. The molecule has 0 radical (unpaired) electrons. The zero-order valence-corrected chi connectivity index (χ0v) is 17.2. The van der Waals surface area contributed by atoms with Gasteiger partial charge in [-0.25, -0.2) is 0 Å². The summed E-state index contributed by atoms with van der Waals surface area (Å²) in [6, 6.07) is 13.8. The minimum Gasteiger partial charge on any atom is -0.368 e. The maximum Gasteiger partial charge on any atom is 0.244 e. The van der Waals surface area contributed by atoms with E-state index in [2.05, 4.69) is 10.3 Å². The minimum atomic E-state index is -0.939. The summed E-state index contributed by atoms with van der Waals surface area (Å²) < 4.78 is 1.84. The summed E-state index contributed by atoms with van der Waals surface area (Å²) in [7, 11) is 0. The summed E-state index contributed by atoms with van der Waals surface area (Å²) in [5.74, 6) is -0.813. The Morgan fingerprint density at radius 1 is 1.13 bits per heavy atom. The molecule has 3 N–H and O–H groups in total. The van der Waals surface area contributed by atoms with Crippen molar-refractivity contribution in [3.63, 3.8) is 0 Å². The maximum absolute atomic E-state index is 12.6. The van der Waals surface area contributed by atoms with E-state index in [-0.39, 0.29) is 5.91 Å². The number of amides is 2. The monoisotopic (exact) mass is 415 g/mol. The molecule has 1 aliphatic carbocycles. The van der Waals surface area contributed by atoms with E-state index < -0.39 is 11.4 Å². The van der Waals surface area contributed by atoms with E-state index >= 15 is 0 Å². The Bertz CT molecular complexity index is 1080. The van der Waals surface area contributed by atoms with Crippen LogP contribution in [-0.4, -0.2) is 32.1 Å². The van der Waals surface area contributed by atoms with Crippen LogP contribution in [0.2, 0.25) is 0 Å². The van der Waals surface area contributed by atoms with Gasteiger partial charge in [0.25, 0.3) is 0 Å². The van der Waals surface area contributed by atoms with Gasteiger partial charge < -0.3 is 11.1 Å². The summed E-state index contributed by atoms with van der Waals surface area (Å²) in [6.45, 7) is 0.610. The number of nitrogens with zero attached hydrogens (tertiary/aromatic N) is 3. The highest BCUT2D eigenvalue weighted by Gasteiger charge is 2.40. The molecule has 31 heavy (non-hydrogen) atoms. The topological polar surface area (TPSA) is 103 Å². The van der Waals surface area contributed by atoms with Crippen molar-refractivity contribution in [1.82, 2.24) is 20.1 Å². The first-order valence-corrected chi connectivity index (χ1v) is 10.4. The lowest BCUT2D eigenvalue weighted by Crippen LogP contribution is -2.55. The molecule has 1 aromatic carbocycles. The number of rotatable bonds is 7. The molecule has 7 nitrogen and oxygen atoms in total.